The van der Waals surface area contributed by atoms with Crippen LogP contribution in [-0.4, -0.2) is 20.4 Å². The number of aromatic hydroxyl groups is 4. The number of phenols is 4. The molecule has 0 spiro atoms. The average molecular weight is 396 g/mol. The zero-order chi connectivity index (χ0) is 21.5. The van der Waals surface area contributed by atoms with E-state index in [1.807, 2.05) is 39.8 Å². The Hall–Kier alpha value is -3.41. The van der Waals surface area contributed by atoms with E-state index in [2.05, 4.69) is 0 Å². The Bertz CT molecular complexity index is 1140. The molecule has 0 aliphatic heterocycles. The number of phenolic OH excluding ortho intramolecular Hbond substituents is 4. The first-order valence-electron chi connectivity index (χ1n) is 9.26. The van der Waals surface area contributed by atoms with E-state index in [0.29, 0.717) is 0 Å². The number of hydrogen-bond acceptors (Lipinski definition) is 6. The van der Waals surface area contributed by atoms with Crippen molar-refractivity contribution >= 4 is 21.9 Å². The van der Waals surface area contributed by atoms with Gasteiger partial charge in [-0.2, -0.15) is 0 Å². The van der Waals surface area contributed by atoms with Crippen molar-refractivity contribution in [1.82, 2.24) is 0 Å². The Kier molecular flexibility index (Phi) is 5.29. The van der Waals surface area contributed by atoms with Gasteiger partial charge >= 0.3 is 0 Å². The SMILES string of the molecule is CC(C)=CCc1c(O)cc2oc3cc(O)c(CC=C(C)C)c(O)c3c(=O)c2c1O. The lowest BCUT2D eigenvalue weighted by Gasteiger charge is -2.12. The lowest BCUT2D eigenvalue weighted by molar-refractivity contribution is 0.441. The molecule has 6 nitrogen and oxygen atoms in total. The zero-order valence-electron chi connectivity index (χ0n) is 16.8. The van der Waals surface area contributed by atoms with Crippen molar-refractivity contribution < 1.29 is 24.8 Å². The van der Waals surface area contributed by atoms with Gasteiger partial charge in [0.2, 0.25) is 5.43 Å². The smallest absolute Gasteiger partial charge is 0.208 e. The second-order valence-corrected chi connectivity index (χ2v) is 7.59. The van der Waals surface area contributed by atoms with Crippen molar-refractivity contribution in [2.45, 2.75) is 40.5 Å². The van der Waals surface area contributed by atoms with Crippen LogP contribution in [0.15, 0.2) is 44.6 Å². The molecule has 0 aliphatic rings. The first-order valence-corrected chi connectivity index (χ1v) is 9.26. The second-order valence-electron chi connectivity index (χ2n) is 7.59. The number of hydrogen-bond donors (Lipinski definition) is 4. The van der Waals surface area contributed by atoms with E-state index >= 15 is 0 Å². The van der Waals surface area contributed by atoms with Crippen molar-refractivity contribution in [2.24, 2.45) is 0 Å². The quantitative estimate of drug-likeness (QED) is 0.373. The highest BCUT2D eigenvalue weighted by atomic mass is 16.3. The van der Waals surface area contributed by atoms with Crippen LogP contribution in [0.25, 0.3) is 21.9 Å². The highest BCUT2D eigenvalue weighted by Gasteiger charge is 2.22. The maximum atomic E-state index is 13.2. The predicted molar refractivity (Wildman–Crippen MR) is 113 cm³/mol. The number of allylic oxidation sites excluding steroid dienone is 4. The monoisotopic (exact) mass is 396 g/mol. The Labute approximate surface area is 167 Å². The Morgan fingerprint density at radius 2 is 1.17 bits per heavy atom. The molecule has 0 saturated carbocycles. The standard InChI is InChI=1S/C23H24O6/c1-11(2)5-7-13-15(24)9-17-19(21(13)26)23(28)20-18(29-17)10-16(25)14(22(20)27)8-6-12(3)4/h5-6,9-10,24-27H,7-8H2,1-4H3. The van der Waals surface area contributed by atoms with E-state index in [1.165, 1.54) is 12.1 Å². The molecule has 4 N–H and O–H groups in total. The van der Waals surface area contributed by atoms with E-state index in [4.69, 9.17) is 4.42 Å². The third kappa shape index (κ3) is 3.66. The number of rotatable bonds is 4. The maximum Gasteiger partial charge on any atom is 0.208 e. The molecular formula is C23H24O6. The summed E-state index contributed by atoms with van der Waals surface area (Å²) in [7, 11) is 0. The van der Waals surface area contributed by atoms with Crippen LogP contribution in [0.4, 0.5) is 0 Å². The third-order valence-corrected chi connectivity index (χ3v) is 4.80. The summed E-state index contributed by atoms with van der Waals surface area (Å²) >= 11 is 0. The van der Waals surface area contributed by atoms with Gasteiger partial charge in [-0.15, -0.1) is 0 Å². The summed E-state index contributed by atoms with van der Waals surface area (Å²) in [5.41, 5.74) is 1.69. The Balaban J connectivity index is 2.37. The molecular weight excluding hydrogens is 372 g/mol. The van der Waals surface area contributed by atoms with Crippen molar-refractivity contribution in [3.05, 3.63) is 56.8 Å². The molecule has 3 rings (SSSR count). The molecule has 0 radical (unpaired) electrons. The van der Waals surface area contributed by atoms with Crippen molar-refractivity contribution in [3.63, 3.8) is 0 Å². The highest BCUT2D eigenvalue weighted by molar-refractivity contribution is 5.98. The first kappa shape index (κ1) is 20.3. The molecule has 0 atom stereocenters. The minimum absolute atomic E-state index is 0.0331. The largest absolute Gasteiger partial charge is 0.507 e. The second kappa shape index (κ2) is 7.54. The van der Waals surface area contributed by atoms with Crippen LogP contribution in [-0.2, 0) is 12.8 Å². The molecule has 0 fully saturated rings. The summed E-state index contributed by atoms with van der Waals surface area (Å²) in [4.78, 5) is 13.2. The van der Waals surface area contributed by atoms with Gasteiger partial charge < -0.3 is 24.8 Å². The molecule has 0 aliphatic carbocycles. The summed E-state index contributed by atoms with van der Waals surface area (Å²) in [6, 6.07) is 2.52. The van der Waals surface area contributed by atoms with Gasteiger partial charge in [0.1, 0.15) is 44.9 Å². The fourth-order valence-corrected chi connectivity index (χ4v) is 3.20. The summed E-state index contributed by atoms with van der Waals surface area (Å²) in [5, 5.41) is 41.7. The summed E-state index contributed by atoms with van der Waals surface area (Å²) in [5.74, 6) is -1.18. The van der Waals surface area contributed by atoms with Crippen LogP contribution in [0.3, 0.4) is 0 Å². The van der Waals surface area contributed by atoms with E-state index in [9.17, 15) is 25.2 Å². The maximum absolute atomic E-state index is 13.2. The van der Waals surface area contributed by atoms with Crippen LogP contribution in [0, 0.1) is 0 Å². The average Bonchev–Trinajstić information content (AvgIpc) is 2.59. The summed E-state index contributed by atoms with van der Waals surface area (Å²) in [6.07, 6.45) is 4.11. The van der Waals surface area contributed by atoms with Gasteiger partial charge in [-0.25, -0.2) is 0 Å². The lowest BCUT2D eigenvalue weighted by Crippen LogP contribution is -2.05. The number of benzene rings is 2. The van der Waals surface area contributed by atoms with Gasteiger partial charge in [0.25, 0.3) is 0 Å². The van der Waals surface area contributed by atoms with Gasteiger partial charge in [0.05, 0.1) is 0 Å². The molecule has 0 amide bonds. The Morgan fingerprint density at radius 3 is 1.52 bits per heavy atom. The van der Waals surface area contributed by atoms with Gasteiger partial charge in [0, 0.05) is 23.3 Å². The van der Waals surface area contributed by atoms with E-state index < -0.39 is 5.43 Å². The van der Waals surface area contributed by atoms with E-state index in [0.717, 1.165) is 11.1 Å². The Morgan fingerprint density at radius 1 is 0.793 bits per heavy atom. The molecule has 3 aromatic rings. The molecule has 1 heterocycles. The molecule has 2 aromatic carbocycles. The van der Waals surface area contributed by atoms with E-state index in [-0.39, 0.29) is 68.9 Å². The molecule has 0 saturated heterocycles. The zero-order valence-corrected chi connectivity index (χ0v) is 16.8. The molecule has 0 bridgehead atoms. The van der Waals surface area contributed by atoms with Gasteiger partial charge in [-0.3, -0.25) is 4.79 Å². The molecule has 152 valence electrons. The van der Waals surface area contributed by atoms with Gasteiger partial charge in [0.15, 0.2) is 0 Å². The molecule has 6 heteroatoms. The number of fused-ring (bicyclic) bond motifs is 2. The minimum atomic E-state index is -0.631. The van der Waals surface area contributed by atoms with Gasteiger partial charge in [-0.1, -0.05) is 23.3 Å². The van der Waals surface area contributed by atoms with Crippen LogP contribution in [0.1, 0.15) is 38.8 Å². The topological polar surface area (TPSA) is 111 Å². The van der Waals surface area contributed by atoms with Gasteiger partial charge in [-0.05, 0) is 40.5 Å². The van der Waals surface area contributed by atoms with Crippen molar-refractivity contribution in [3.8, 4) is 23.0 Å². The van der Waals surface area contributed by atoms with Crippen molar-refractivity contribution in [1.29, 1.82) is 0 Å². The fraction of sp³-hybridized carbons (Fsp3) is 0.261. The fourth-order valence-electron chi connectivity index (χ4n) is 3.20. The first-order chi connectivity index (χ1) is 13.6. The summed E-state index contributed by atoms with van der Waals surface area (Å²) in [6.45, 7) is 7.54. The minimum Gasteiger partial charge on any atom is -0.507 e. The van der Waals surface area contributed by atoms with Crippen LogP contribution in [0.2, 0.25) is 0 Å². The van der Waals surface area contributed by atoms with Crippen LogP contribution in [0.5, 0.6) is 23.0 Å². The predicted octanol–water partition coefficient (Wildman–Crippen LogP) is 4.79. The third-order valence-electron chi connectivity index (χ3n) is 4.80. The summed E-state index contributed by atoms with van der Waals surface area (Å²) < 4.78 is 5.64. The molecule has 0 unspecified atom stereocenters. The highest BCUT2D eigenvalue weighted by Crippen LogP contribution is 2.40. The molecule has 29 heavy (non-hydrogen) atoms. The van der Waals surface area contributed by atoms with E-state index in [1.54, 1.807) is 0 Å². The van der Waals surface area contributed by atoms with Crippen LogP contribution < -0.4 is 5.43 Å². The van der Waals surface area contributed by atoms with Crippen LogP contribution >= 0.6 is 0 Å². The normalized spacial score (nSPS) is 11.0. The van der Waals surface area contributed by atoms with Crippen molar-refractivity contribution in [2.75, 3.05) is 0 Å². The lowest BCUT2D eigenvalue weighted by atomic mass is 10.00. The molecule has 1 aromatic heterocycles.